The Balaban J connectivity index is 1.65. The molecule has 2 aromatic heterocycles. The molecule has 1 aliphatic rings. The van der Waals surface area contributed by atoms with Crippen molar-refractivity contribution in [3.05, 3.63) is 53.9 Å². The van der Waals surface area contributed by atoms with E-state index in [4.69, 9.17) is 23.6 Å². The number of methoxy groups -OCH3 is 1. The van der Waals surface area contributed by atoms with Crippen LogP contribution < -0.4 is 14.2 Å². The fourth-order valence-corrected chi connectivity index (χ4v) is 3.98. The molecule has 154 valence electrons. The molecule has 5 rings (SSSR count). The van der Waals surface area contributed by atoms with Gasteiger partial charge in [-0.05, 0) is 44.2 Å². The number of ether oxygens (including phenoxy) is 3. The molecule has 3 heterocycles. The Bertz CT molecular complexity index is 1240. The molecule has 0 fully saturated rings. The van der Waals surface area contributed by atoms with Crippen molar-refractivity contribution < 1.29 is 18.6 Å². The molecular formula is C24H24N2O4. The van der Waals surface area contributed by atoms with Crippen LogP contribution in [0.5, 0.6) is 17.4 Å². The Kier molecular flexibility index (Phi) is 4.31. The third kappa shape index (κ3) is 3.12. The van der Waals surface area contributed by atoms with E-state index in [9.17, 15) is 0 Å². The van der Waals surface area contributed by atoms with Gasteiger partial charge in [-0.2, -0.15) is 4.98 Å². The highest BCUT2D eigenvalue weighted by Crippen LogP contribution is 2.44. The van der Waals surface area contributed by atoms with Gasteiger partial charge in [-0.15, -0.1) is 0 Å². The van der Waals surface area contributed by atoms with Crippen molar-refractivity contribution in [1.82, 2.24) is 9.97 Å². The van der Waals surface area contributed by atoms with E-state index in [0.717, 1.165) is 39.4 Å². The summed E-state index contributed by atoms with van der Waals surface area (Å²) in [7, 11) is 1.65. The highest BCUT2D eigenvalue weighted by molar-refractivity contribution is 6.03. The summed E-state index contributed by atoms with van der Waals surface area (Å²) in [4.78, 5) is 9.38. The van der Waals surface area contributed by atoms with E-state index in [0.29, 0.717) is 24.3 Å². The summed E-state index contributed by atoms with van der Waals surface area (Å²) in [5.74, 6) is 2.74. The number of benzene rings is 2. The van der Waals surface area contributed by atoms with Crippen molar-refractivity contribution in [3.63, 3.8) is 0 Å². The second-order valence-electron chi connectivity index (χ2n) is 8.15. The number of rotatable bonds is 4. The lowest BCUT2D eigenvalue weighted by atomic mass is 9.91. The summed E-state index contributed by atoms with van der Waals surface area (Å²) < 4.78 is 24.2. The molecule has 1 aliphatic heterocycles. The molecule has 0 saturated carbocycles. The maximum absolute atomic E-state index is 6.52. The van der Waals surface area contributed by atoms with Gasteiger partial charge in [0.2, 0.25) is 5.58 Å². The van der Waals surface area contributed by atoms with Gasteiger partial charge in [0.15, 0.2) is 0 Å². The minimum Gasteiger partial charge on any atom is -0.497 e. The number of nitrogens with zero attached hydrogens (tertiary/aromatic N) is 2. The molecule has 0 bridgehead atoms. The van der Waals surface area contributed by atoms with Crippen molar-refractivity contribution in [2.24, 2.45) is 0 Å². The summed E-state index contributed by atoms with van der Waals surface area (Å²) in [6.45, 7) is 6.15. The Morgan fingerprint density at radius 1 is 1.13 bits per heavy atom. The first-order valence-corrected chi connectivity index (χ1v) is 10.2. The first-order valence-electron chi connectivity index (χ1n) is 10.2. The van der Waals surface area contributed by atoms with Gasteiger partial charge in [0.1, 0.15) is 40.1 Å². The van der Waals surface area contributed by atoms with E-state index in [1.807, 2.05) is 49.4 Å². The number of furan rings is 1. The lowest BCUT2D eigenvalue weighted by molar-refractivity contribution is 0.0203. The van der Waals surface area contributed by atoms with Crippen molar-refractivity contribution in [2.45, 2.75) is 45.3 Å². The van der Waals surface area contributed by atoms with Crippen molar-refractivity contribution in [3.8, 4) is 17.4 Å². The topological polar surface area (TPSA) is 66.6 Å². The Hall–Kier alpha value is -3.28. The van der Waals surface area contributed by atoms with Crippen LogP contribution in [0.4, 0.5) is 0 Å². The molecule has 0 radical (unpaired) electrons. The monoisotopic (exact) mass is 404 g/mol. The molecule has 2 aromatic carbocycles. The van der Waals surface area contributed by atoms with Crippen molar-refractivity contribution in [1.29, 1.82) is 0 Å². The van der Waals surface area contributed by atoms with Crippen LogP contribution in [0.2, 0.25) is 0 Å². The van der Waals surface area contributed by atoms with Gasteiger partial charge in [-0.25, -0.2) is 4.98 Å². The molecule has 0 aliphatic carbocycles. The SMILES string of the molecule is CCc1nc(OC2CC(C)(C)Oc3ccc(OC)cc32)c2oc3ccccc3c2n1. The van der Waals surface area contributed by atoms with Crippen LogP contribution in [-0.4, -0.2) is 22.7 Å². The number of hydrogen-bond donors (Lipinski definition) is 0. The zero-order valence-electron chi connectivity index (χ0n) is 17.6. The minimum atomic E-state index is -0.375. The molecule has 4 aromatic rings. The lowest BCUT2D eigenvalue weighted by Crippen LogP contribution is -2.36. The van der Waals surface area contributed by atoms with E-state index in [1.165, 1.54) is 0 Å². The predicted molar refractivity (Wildman–Crippen MR) is 114 cm³/mol. The van der Waals surface area contributed by atoms with Crippen LogP contribution in [0.15, 0.2) is 46.9 Å². The van der Waals surface area contributed by atoms with Gasteiger partial charge in [-0.1, -0.05) is 19.1 Å². The smallest absolute Gasteiger partial charge is 0.262 e. The van der Waals surface area contributed by atoms with Crippen molar-refractivity contribution >= 4 is 22.1 Å². The van der Waals surface area contributed by atoms with Crippen LogP contribution >= 0.6 is 0 Å². The summed E-state index contributed by atoms with van der Waals surface area (Å²) in [5.41, 5.74) is 2.69. The van der Waals surface area contributed by atoms with E-state index in [2.05, 4.69) is 18.8 Å². The van der Waals surface area contributed by atoms with Crippen molar-refractivity contribution in [2.75, 3.05) is 7.11 Å². The molecule has 6 heteroatoms. The van der Waals surface area contributed by atoms with Gasteiger partial charge < -0.3 is 18.6 Å². The molecule has 0 spiro atoms. The van der Waals surface area contributed by atoms with E-state index >= 15 is 0 Å². The standard InChI is InChI=1S/C24H24N2O4/c1-5-20-25-21-15-8-6-7-9-17(15)28-22(21)23(26-20)29-19-13-24(2,3)30-18-11-10-14(27-4)12-16(18)19/h6-12,19H,5,13H2,1-4H3. The van der Waals surface area contributed by atoms with Gasteiger partial charge in [-0.3, -0.25) is 0 Å². The van der Waals surface area contributed by atoms with Crippen LogP contribution in [0, 0.1) is 0 Å². The number of para-hydroxylation sites is 1. The average Bonchev–Trinajstić information content (AvgIpc) is 3.11. The maximum Gasteiger partial charge on any atom is 0.262 e. The van der Waals surface area contributed by atoms with E-state index in [1.54, 1.807) is 7.11 Å². The van der Waals surface area contributed by atoms with Gasteiger partial charge in [0, 0.05) is 23.8 Å². The first kappa shape index (κ1) is 18.7. The fraction of sp³-hybridized carbons (Fsp3) is 0.333. The summed E-state index contributed by atoms with van der Waals surface area (Å²) >= 11 is 0. The van der Waals surface area contributed by atoms with Crippen LogP contribution in [-0.2, 0) is 6.42 Å². The fourth-order valence-electron chi connectivity index (χ4n) is 3.98. The largest absolute Gasteiger partial charge is 0.497 e. The maximum atomic E-state index is 6.52. The Labute approximate surface area is 174 Å². The quantitative estimate of drug-likeness (QED) is 0.439. The number of hydrogen-bond acceptors (Lipinski definition) is 6. The summed E-state index contributed by atoms with van der Waals surface area (Å²) in [5, 5.41) is 0.962. The highest BCUT2D eigenvalue weighted by Gasteiger charge is 2.36. The Morgan fingerprint density at radius 2 is 1.97 bits per heavy atom. The van der Waals surface area contributed by atoms with Gasteiger partial charge in [0.05, 0.1) is 7.11 Å². The van der Waals surface area contributed by atoms with Crippen LogP contribution in [0.1, 0.15) is 44.7 Å². The van der Waals surface area contributed by atoms with Crippen LogP contribution in [0.3, 0.4) is 0 Å². The van der Waals surface area contributed by atoms with Crippen LogP contribution in [0.25, 0.3) is 22.1 Å². The molecule has 0 saturated heterocycles. The molecule has 0 N–H and O–H groups in total. The van der Waals surface area contributed by atoms with E-state index in [-0.39, 0.29) is 11.7 Å². The number of aryl methyl sites for hydroxylation is 1. The van der Waals surface area contributed by atoms with E-state index < -0.39 is 0 Å². The second kappa shape index (κ2) is 6.90. The summed E-state index contributed by atoms with van der Waals surface area (Å²) in [6, 6.07) is 13.7. The predicted octanol–water partition coefficient (Wildman–Crippen LogP) is 5.63. The number of fused-ring (bicyclic) bond motifs is 4. The third-order valence-corrected chi connectivity index (χ3v) is 5.43. The lowest BCUT2D eigenvalue weighted by Gasteiger charge is -2.37. The normalized spacial score (nSPS) is 17.5. The highest BCUT2D eigenvalue weighted by atomic mass is 16.5. The number of aromatic nitrogens is 2. The molecule has 6 nitrogen and oxygen atoms in total. The third-order valence-electron chi connectivity index (χ3n) is 5.43. The molecule has 1 atom stereocenters. The first-order chi connectivity index (χ1) is 14.5. The zero-order chi connectivity index (χ0) is 20.9. The van der Waals surface area contributed by atoms with Gasteiger partial charge >= 0.3 is 0 Å². The molecule has 1 unspecified atom stereocenters. The molecule has 30 heavy (non-hydrogen) atoms. The average molecular weight is 404 g/mol. The minimum absolute atomic E-state index is 0.255. The molecule has 0 amide bonds. The summed E-state index contributed by atoms with van der Waals surface area (Å²) in [6.07, 6.45) is 1.12. The van der Waals surface area contributed by atoms with Gasteiger partial charge in [0.25, 0.3) is 5.88 Å². The Morgan fingerprint density at radius 3 is 2.77 bits per heavy atom. The molecular weight excluding hydrogens is 380 g/mol. The second-order valence-corrected chi connectivity index (χ2v) is 8.15. The zero-order valence-corrected chi connectivity index (χ0v) is 17.6.